The summed E-state index contributed by atoms with van der Waals surface area (Å²) in [6.07, 6.45) is 2.04. The highest BCUT2D eigenvalue weighted by Crippen LogP contribution is 2.29. The fraction of sp³-hybridized carbons (Fsp3) is 0.429. The summed E-state index contributed by atoms with van der Waals surface area (Å²) < 4.78 is 33.8. The van der Waals surface area contributed by atoms with Crippen molar-refractivity contribution in [2.75, 3.05) is 36.5 Å². The molecule has 1 aromatic carbocycles. The van der Waals surface area contributed by atoms with E-state index >= 15 is 0 Å². The van der Waals surface area contributed by atoms with Gasteiger partial charge in [-0.1, -0.05) is 12.1 Å². The van der Waals surface area contributed by atoms with Gasteiger partial charge in [0.1, 0.15) is 12.4 Å². The minimum absolute atomic E-state index is 0.0139. The highest BCUT2D eigenvalue weighted by Gasteiger charge is 2.35. The van der Waals surface area contributed by atoms with E-state index in [1.54, 1.807) is 42.8 Å². The third kappa shape index (κ3) is 4.62. The van der Waals surface area contributed by atoms with Crippen molar-refractivity contribution in [2.24, 2.45) is 13.0 Å². The molecule has 1 saturated heterocycles. The number of anilines is 2. The molecule has 1 fully saturated rings. The van der Waals surface area contributed by atoms with Crippen LogP contribution in [0.5, 0.6) is 0 Å². The third-order valence-corrected chi connectivity index (χ3v) is 7.66. The molecule has 0 unspecified atom stereocenters. The number of fused-ring (bicyclic) bond motifs is 1. The average Bonchev–Trinajstić information content (AvgIpc) is 3.15. The van der Waals surface area contributed by atoms with Crippen molar-refractivity contribution >= 4 is 39.2 Å². The molecular formula is C21H25N5O6S. The van der Waals surface area contributed by atoms with Crippen LogP contribution in [0, 0.1) is 12.8 Å². The van der Waals surface area contributed by atoms with E-state index in [2.05, 4.69) is 10.3 Å². The van der Waals surface area contributed by atoms with Crippen LogP contribution in [0.15, 0.2) is 35.5 Å². The summed E-state index contributed by atoms with van der Waals surface area (Å²) in [5.74, 6) is -1.30. The fourth-order valence-corrected chi connectivity index (χ4v) is 5.39. The number of carbonyl (C=O) groups excluding carboxylic acids is 3. The SMILES string of the molecule is Cc1nc(S(=O)(=O)N2CCC(C(=O)OCC(=O)N3CC(=O)Nc4ccccc43)CC2)cn1C. The first-order valence-corrected chi connectivity index (χ1v) is 12.0. The first-order chi connectivity index (χ1) is 15.7. The number of amides is 2. The van der Waals surface area contributed by atoms with Crippen molar-refractivity contribution in [3.05, 3.63) is 36.3 Å². The van der Waals surface area contributed by atoms with Crippen LogP contribution in [-0.4, -0.2) is 66.3 Å². The van der Waals surface area contributed by atoms with Crippen molar-refractivity contribution in [1.29, 1.82) is 0 Å². The largest absolute Gasteiger partial charge is 0.455 e. The number of carbonyl (C=O) groups is 3. The second-order valence-corrected chi connectivity index (χ2v) is 9.95. The summed E-state index contributed by atoms with van der Waals surface area (Å²) in [6, 6.07) is 6.88. The Kier molecular flexibility index (Phi) is 6.21. The second-order valence-electron chi connectivity index (χ2n) is 8.07. The Morgan fingerprint density at radius 1 is 1.21 bits per heavy atom. The monoisotopic (exact) mass is 475 g/mol. The van der Waals surface area contributed by atoms with E-state index in [1.165, 1.54) is 15.4 Å². The first-order valence-electron chi connectivity index (χ1n) is 10.5. The number of imidazole rings is 1. The fourth-order valence-electron chi connectivity index (χ4n) is 3.90. The highest BCUT2D eigenvalue weighted by molar-refractivity contribution is 7.89. The number of nitrogens with zero attached hydrogens (tertiary/aromatic N) is 4. The van der Waals surface area contributed by atoms with Crippen LogP contribution in [0.3, 0.4) is 0 Å². The number of hydrogen-bond acceptors (Lipinski definition) is 7. The van der Waals surface area contributed by atoms with E-state index < -0.39 is 34.4 Å². The Hall–Kier alpha value is -3.25. The molecule has 0 atom stereocenters. The van der Waals surface area contributed by atoms with Gasteiger partial charge in [0, 0.05) is 26.3 Å². The van der Waals surface area contributed by atoms with Gasteiger partial charge in [-0.3, -0.25) is 19.3 Å². The lowest BCUT2D eigenvalue weighted by molar-refractivity contribution is -0.153. The smallest absolute Gasteiger partial charge is 0.309 e. The minimum Gasteiger partial charge on any atom is -0.455 e. The van der Waals surface area contributed by atoms with Crippen LogP contribution >= 0.6 is 0 Å². The number of rotatable bonds is 5. The lowest BCUT2D eigenvalue weighted by Gasteiger charge is -2.30. The second kappa shape index (κ2) is 8.94. The summed E-state index contributed by atoms with van der Waals surface area (Å²) in [7, 11) is -2.01. The number of piperidine rings is 1. The predicted octanol–water partition coefficient (Wildman–Crippen LogP) is 0.658. The van der Waals surface area contributed by atoms with Gasteiger partial charge in [0.15, 0.2) is 11.6 Å². The van der Waals surface area contributed by atoms with Crippen molar-refractivity contribution < 1.29 is 27.5 Å². The maximum atomic E-state index is 12.8. The lowest BCUT2D eigenvalue weighted by Crippen LogP contribution is -2.44. The summed E-state index contributed by atoms with van der Waals surface area (Å²) in [5, 5.41) is 2.68. The molecule has 2 aliphatic rings. The van der Waals surface area contributed by atoms with E-state index in [1.807, 2.05) is 0 Å². The quantitative estimate of drug-likeness (QED) is 0.629. The number of sulfonamides is 1. The van der Waals surface area contributed by atoms with Gasteiger partial charge in [-0.05, 0) is 31.9 Å². The Morgan fingerprint density at radius 2 is 1.91 bits per heavy atom. The van der Waals surface area contributed by atoms with Crippen molar-refractivity contribution in [1.82, 2.24) is 13.9 Å². The van der Waals surface area contributed by atoms with Crippen LogP contribution in [0.1, 0.15) is 18.7 Å². The van der Waals surface area contributed by atoms with E-state index in [9.17, 15) is 22.8 Å². The van der Waals surface area contributed by atoms with Gasteiger partial charge in [0.25, 0.3) is 15.9 Å². The molecule has 0 aliphatic carbocycles. The van der Waals surface area contributed by atoms with Crippen molar-refractivity contribution in [3.8, 4) is 0 Å². The molecule has 1 aromatic heterocycles. The number of aromatic nitrogens is 2. The number of nitrogens with one attached hydrogen (secondary N) is 1. The number of benzene rings is 1. The van der Waals surface area contributed by atoms with Crippen LogP contribution in [0.4, 0.5) is 11.4 Å². The Labute approximate surface area is 191 Å². The normalized spacial score (nSPS) is 17.4. The summed E-state index contributed by atoms with van der Waals surface area (Å²) >= 11 is 0. The molecule has 176 valence electrons. The van der Waals surface area contributed by atoms with Gasteiger partial charge in [-0.25, -0.2) is 13.4 Å². The van der Waals surface area contributed by atoms with Crippen LogP contribution in [0.2, 0.25) is 0 Å². The van der Waals surface area contributed by atoms with Crippen LogP contribution in [0.25, 0.3) is 0 Å². The molecule has 2 amide bonds. The summed E-state index contributed by atoms with van der Waals surface area (Å²) in [5.41, 5.74) is 1.06. The summed E-state index contributed by atoms with van der Waals surface area (Å²) in [4.78, 5) is 42.4. The Balaban J connectivity index is 1.32. The molecular weight excluding hydrogens is 450 g/mol. The van der Waals surface area contributed by atoms with E-state index in [0.29, 0.717) is 17.2 Å². The molecule has 12 heteroatoms. The maximum absolute atomic E-state index is 12.8. The zero-order valence-electron chi connectivity index (χ0n) is 18.4. The number of hydrogen-bond donors (Lipinski definition) is 1. The topological polar surface area (TPSA) is 131 Å². The van der Waals surface area contributed by atoms with Crippen molar-refractivity contribution in [2.45, 2.75) is 24.8 Å². The minimum atomic E-state index is -3.74. The number of esters is 1. The molecule has 0 saturated carbocycles. The van der Waals surface area contributed by atoms with Crippen LogP contribution < -0.4 is 10.2 Å². The average molecular weight is 476 g/mol. The highest BCUT2D eigenvalue weighted by atomic mass is 32.2. The first kappa shape index (κ1) is 22.9. The molecule has 0 spiro atoms. The van der Waals surface area contributed by atoms with Crippen molar-refractivity contribution in [3.63, 3.8) is 0 Å². The van der Waals surface area contributed by atoms with Gasteiger partial charge in [-0.2, -0.15) is 4.31 Å². The summed E-state index contributed by atoms with van der Waals surface area (Å²) in [6.45, 7) is 1.39. The van der Waals surface area contributed by atoms with Gasteiger partial charge in [0.05, 0.1) is 17.3 Å². The van der Waals surface area contributed by atoms with Gasteiger partial charge in [-0.15, -0.1) is 0 Å². The molecule has 2 aliphatic heterocycles. The maximum Gasteiger partial charge on any atom is 0.309 e. The molecule has 0 bridgehead atoms. The number of ether oxygens (including phenoxy) is 1. The zero-order chi connectivity index (χ0) is 23.8. The molecule has 33 heavy (non-hydrogen) atoms. The Morgan fingerprint density at radius 3 is 2.58 bits per heavy atom. The van der Waals surface area contributed by atoms with Gasteiger partial charge >= 0.3 is 5.97 Å². The molecule has 0 radical (unpaired) electrons. The third-order valence-electron chi connectivity index (χ3n) is 5.89. The lowest BCUT2D eigenvalue weighted by atomic mass is 9.98. The van der Waals surface area contributed by atoms with E-state index in [-0.39, 0.29) is 43.4 Å². The zero-order valence-corrected chi connectivity index (χ0v) is 19.2. The molecule has 2 aromatic rings. The standard InChI is InChI=1S/C21H25N5O6S/c1-14-22-19(12-24(14)2)33(30,31)25-9-7-15(8-10-25)21(29)32-13-20(28)26-11-18(27)23-16-5-3-4-6-17(16)26/h3-6,12,15H,7-11,13H2,1-2H3,(H,23,27). The van der Waals surface area contributed by atoms with Gasteiger partial charge < -0.3 is 14.6 Å². The van der Waals surface area contributed by atoms with E-state index in [4.69, 9.17) is 4.74 Å². The number of para-hydroxylation sites is 2. The Bertz CT molecular complexity index is 1180. The van der Waals surface area contributed by atoms with Crippen LogP contribution in [-0.2, 0) is 36.2 Å². The van der Waals surface area contributed by atoms with Gasteiger partial charge in [0.2, 0.25) is 5.91 Å². The molecule has 4 rings (SSSR count). The molecule has 3 heterocycles. The predicted molar refractivity (Wildman–Crippen MR) is 118 cm³/mol. The molecule has 1 N–H and O–H groups in total. The van der Waals surface area contributed by atoms with E-state index in [0.717, 1.165) is 0 Å². The number of aryl methyl sites for hydroxylation is 2. The molecule has 11 nitrogen and oxygen atoms in total.